The molecule has 10 heteroatoms. The third-order valence-electron chi connectivity index (χ3n) is 11.1. The quantitative estimate of drug-likeness (QED) is 0.263. The average Bonchev–Trinajstić information content (AvgIpc) is 3.77. The fourth-order valence-electron chi connectivity index (χ4n) is 9.30. The van der Waals surface area contributed by atoms with E-state index < -0.39 is 5.82 Å². The number of phenols is 1. The molecule has 1 aliphatic carbocycles. The molecule has 2 bridgehead atoms. The van der Waals surface area contributed by atoms with Crippen molar-refractivity contribution in [1.29, 1.82) is 0 Å². The van der Waals surface area contributed by atoms with E-state index in [1.54, 1.807) is 18.3 Å². The number of nitrogens with one attached hydrogen (secondary N) is 1. The number of hydrogen-bond acceptors (Lipinski definition) is 8. The van der Waals surface area contributed by atoms with Gasteiger partial charge in [-0.25, -0.2) is 4.39 Å². The van der Waals surface area contributed by atoms with E-state index in [1.807, 2.05) is 18.2 Å². The fraction of sp³-hybridized carbons (Fsp3) is 0.500. The summed E-state index contributed by atoms with van der Waals surface area (Å²) in [5.74, 6) is 0.961. The van der Waals surface area contributed by atoms with Gasteiger partial charge in [-0.15, -0.1) is 0 Å². The summed E-state index contributed by atoms with van der Waals surface area (Å²) in [4.78, 5) is 19.4. The number of hydrogen-bond donors (Lipinski definition) is 2. The zero-order chi connectivity index (χ0) is 29.6. The number of anilines is 1. The van der Waals surface area contributed by atoms with Crippen LogP contribution in [0.2, 0.25) is 0 Å². The molecule has 9 rings (SSSR count). The molecular weight excluding hydrogens is 623 g/mol. The molecule has 2 aromatic carbocycles. The molecule has 4 aliphatic heterocycles. The van der Waals surface area contributed by atoms with Crippen LogP contribution < -0.4 is 15.0 Å². The Hall–Kier alpha value is -3.08. The van der Waals surface area contributed by atoms with Gasteiger partial charge < -0.3 is 20.1 Å². The lowest BCUT2D eigenvalue weighted by Gasteiger charge is -2.35. The second-order valence-corrected chi connectivity index (χ2v) is 14.5. The molecule has 4 aromatic rings. The zero-order valence-corrected chi connectivity index (χ0v) is 26.2. The van der Waals surface area contributed by atoms with Crippen LogP contribution in [0.4, 0.5) is 10.2 Å². The predicted octanol–water partition coefficient (Wildman–Crippen LogP) is 6.18. The summed E-state index contributed by atoms with van der Waals surface area (Å²) in [5.41, 5.74) is 0.878. The highest BCUT2D eigenvalue weighted by atomic mass is 79.9. The van der Waals surface area contributed by atoms with Gasteiger partial charge in [0, 0.05) is 52.8 Å². The number of nitrogens with zero attached hydrogens (tertiary/aromatic N) is 5. The predicted molar refractivity (Wildman–Crippen MR) is 172 cm³/mol. The second kappa shape index (κ2) is 10.2. The van der Waals surface area contributed by atoms with Crippen LogP contribution in [0.25, 0.3) is 32.9 Å². The van der Waals surface area contributed by atoms with Crippen LogP contribution >= 0.6 is 15.9 Å². The Kier molecular flexibility index (Phi) is 6.33. The number of pyridine rings is 1. The number of aromatic hydroxyl groups is 1. The minimum Gasteiger partial charge on any atom is -0.508 e. The molecule has 5 atom stereocenters. The Labute approximate surface area is 264 Å². The van der Waals surface area contributed by atoms with Crippen molar-refractivity contribution in [2.75, 3.05) is 31.1 Å². The third-order valence-corrected chi connectivity index (χ3v) is 11.8. The topological polar surface area (TPSA) is 86.6 Å². The summed E-state index contributed by atoms with van der Waals surface area (Å²) in [7, 11) is 0. The molecule has 0 amide bonds. The van der Waals surface area contributed by atoms with Gasteiger partial charge in [0.2, 0.25) is 0 Å². The van der Waals surface area contributed by atoms with Crippen LogP contribution in [0.5, 0.6) is 11.8 Å². The maximum Gasteiger partial charge on any atom is 0.319 e. The Morgan fingerprint density at radius 2 is 1.95 bits per heavy atom. The standard InChI is InChI=1S/C34H36BrFN6O2/c35-26-6-1-4-19-12-23(43)13-24(28(19)26)30-29(36)31-25(15-37-30)32(41-16-21-8-9-22(17-41)38-21)40-33(39-31)44-18-34-10-3-11-42(34)27-7-2-5-20(27)14-34/h1,4,6,12-13,15,20-22,27,38,43H,2-3,5,7-11,14,16-18H2. The van der Waals surface area contributed by atoms with Gasteiger partial charge in [0.15, 0.2) is 5.82 Å². The zero-order valence-electron chi connectivity index (χ0n) is 24.6. The maximum absolute atomic E-state index is 16.8. The molecule has 6 heterocycles. The van der Waals surface area contributed by atoms with Gasteiger partial charge >= 0.3 is 6.01 Å². The summed E-state index contributed by atoms with van der Waals surface area (Å²) in [6.07, 6.45) is 11.4. The Bertz CT molecular complexity index is 1790. The van der Waals surface area contributed by atoms with E-state index in [-0.39, 0.29) is 28.5 Å². The van der Waals surface area contributed by atoms with Crippen molar-refractivity contribution >= 4 is 43.4 Å². The van der Waals surface area contributed by atoms with E-state index in [4.69, 9.17) is 14.7 Å². The molecule has 0 radical (unpaired) electrons. The number of benzene rings is 2. The average molecular weight is 660 g/mol. The minimum absolute atomic E-state index is 0.0249. The Morgan fingerprint density at radius 1 is 1.09 bits per heavy atom. The van der Waals surface area contributed by atoms with Crippen molar-refractivity contribution in [1.82, 2.24) is 25.2 Å². The fourth-order valence-corrected chi connectivity index (χ4v) is 9.90. The molecule has 0 spiro atoms. The molecule has 228 valence electrons. The van der Waals surface area contributed by atoms with Crippen LogP contribution in [-0.4, -0.2) is 74.9 Å². The van der Waals surface area contributed by atoms with Crippen molar-refractivity contribution in [3.05, 3.63) is 46.8 Å². The van der Waals surface area contributed by atoms with Gasteiger partial charge in [-0.2, -0.15) is 9.97 Å². The first kappa shape index (κ1) is 27.2. The molecule has 2 N–H and O–H groups in total. The van der Waals surface area contributed by atoms with E-state index >= 15 is 4.39 Å². The number of ether oxygens (including phenoxy) is 1. The van der Waals surface area contributed by atoms with Crippen LogP contribution in [-0.2, 0) is 0 Å². The van der Waals surface area contributed by atoms with Crippen molar-refractivity contribution in [3.8, 4) is 23.0 Å². The minimum atomic E-state index is -0.534. The summed E-state index contributed by atoms with van der Waals surface area (Å²) in [6, 6.07) is 10.6. The van der Waals surface area contributed by atoms with E-state index in [1.165, 1.54) is 32.1 Å². The summed E-state index contributed by atoms with van der Waals surface area (Å²) >= 11 is 3.63. The molecule has 1 saturated carbocycles. The SMILES string of the molecule is Oc1cc(-c2ncc3c(N4CC5CCC(C4)N5)nc(OCC45CCCN4C4CCCC4C5)nc3c2F)c2c(Br)cccc2c1. The smallest absolute Gasteiger partial charge is 0.319 e. The maximum atomic E-state index is 16.8. The number of fused-ring (bicyclic) bond motifs is 7. The van der Waals surface area contributed by atoms with Gasteiger partial charge in [-0.3, -0.25) is 9.88 Å². The van der Waals surface area contributed by atoms with Crippen molar-refractivity contribution in [3.63, 3.8) is 0 Å². The Balaban J connectivity index is 1.16. The molecular formula is C34H36BrFN6O2. The summed E-state index contributed by atoms with van der Waals surface area (Å²) in [6.45, 7) is 3.27. The molecule has 44 heavy (non-hydrogen) atoms. The van der Waals surface area contributed by atoms with Gasteiger partial charge in [-0.1, -0.05) is 34.5 Å². The molecule has 8 nitrogen and oxygen atoms in total. The molecule has 5 fully saturated rings. The summed E-state index contributed by atoms with van der Waals surface area (Å²) < 4.78 is 24.1. The first-order chi connectivity index (χ1) is 21.5. The monoisotopic (exact) mass is 658 g/mol. The van der Waals surface area contributed by atoms with Crippen molar-refractivity contribution in [2.24, 2.45) is 5.92 Å². The lowest BCUT2D eigenvalue weighted by Crippen LogP contribution is -2.51. The highest BCUT2D eigenvalue weighted by molar-refractivity contribution is 9.10. The number of halogens is 2. The van der Waals surface area contributed by atoms with Crippen LogP contribution in [0.15, 0.2) is 41.0 Å². The third kappa shape index (κ3) is 4.24. The highest BCUT2D eigenvalue weighted by Crippen LogP contribution is 2.51. The van der Waals surface area contributed by atoms with E-state index in [0.29, 0.717) is 41.5 Å². The van der Waals surface area contributed by atoms with Crippen molar-refractivity contribution < 1.29 is 14.2 Å². The molecule has 5 aliphatic rings. The lowest BCUT2D eigenvalue weighted by molar-refractivity contribution is 0.0832. The largest absolute Gasteiger partial charge is 0.508 e. The van der Waals surface area contributed by atoms with Crippen molar-refractivity contribution in [2.45, 2.75) is 75.0 Å². The van der Waals surface area contributed by atoms with E-state index in [2.05, 4.69) is 36.0 Å². The van der Waals surface area contributed by atoms with Gasteiger partial charge in [0.25, 0.3) is 0 Å². The first-order valence-corrected chi connectivity index (χ1v) is 16.9. The van der Waals surface area contributed by atoms with Crippen LogP contribution in [0, 0.1) is 11.7 Å². The highest BCUT2D eigenvalue weighted by Gasteiger charge is 2.55. The lowest BCUT2D eigenvalue weighted by atomic mass is 9.90. The molecule has 2 aromatic heterocycles. The number of piperazine rings is 1. The van der Waals surface area contributed by atoms with Gasteiger partial charge in [0.05, 0.1) is 10.9 Å². The number of phenolic OH excluding ortho intramolecular Hbond substituents is 1. The normalized spacial score (nSPS) is 29.5. The van der Waals surface area contributed by atoms with E-state index in [9.17, 15) is 5.11 Å². The second-order valence-electron chi connectivity index (χ2n) is 13.7. The first-order valence-electron chi connectivity index (χ1n) is 16.1. The molecule has 4 saturated heterocycles. The number of rotatable bonds is 5. The Morgan fingerprint density at radius 3 is 2.82 bits per heavy atom. The van der Waals surface area contributed by atoms with E-state index in [0.717, 1.165) is 60.1 Å². The summed E-state index contributed by atoms with van der Waals surface area (Å²) in [5, 5.41) is 16.4. The van der Waals surface area contributed by atoms with Gasteiger partial charge in [-0.05, 0) is 81.0 Å². The number of aromatic nitrogens is 3. The van der Waals surface area contributed by atoms with Crippen LogP contribution in [0.3, 0.4) is 0 Å². The van der Waals surface area contributed by atoms with Gasteiger partial charge in [0.1, 0.15) is 29.4 Å². The molecule has 5 unspecified atom stereocenters. The van der Waals surface area contributed by atoms with Crippen LogP contribution in [0.1, 0.15) is 51.4 Å².